The molecule has 9 heteroatoms. The molecule has 1 aromatic carbocycles. The van der Waals surface area contributed by atoms with Crippen molar-refractivity contribution in [1.82, 2.24) is 20.4 Å². The first-order valence-corrected chi connectivity index (χ1v) is 9.95. The minimum atomic E-state index is -0.915. The number of hydrogen-bond donors (Lipinski definition) is 3. The molecule has 8 nitrogen and oxygen atoms in total. The number of nitrogens with zero attached hydrogens (tertiary/aromatic N) is 3. The summed E-state index contributed by atoms with van der Waals surface area (Å²) in [6, 6.07) is 7.98. The smallest absolute Gasteiger partial charge is 0.250 e. The van der Waals surface area contributed by atoms with Gasteiger partial charge in [0.25, 0.3) is 0 Å². The monoisotopic (exact) mass is 384 g/mol. The van der Waals surface area contributed by atoms with Crippen LogP contribution in [0.2, 0.25) is 0 Å². The Morgan fingerprint density at radius 2 is 2.26 bits per heavy atom. The Labute approximate surface area is 160 Å². The molecule has 4 heterocycles. The minimum Gasteiger partial charge on any atom is -0.374 e. The molecule has 4 N–H and O–H groups in total. The van der Waals surface area contributed by atoms with Crippen LogP contribution in [0.15, 0.2) is 24.3 Å². The number of anilines is 2. The van der Waals surface area contributed by atoms with E-state index < -0.39 is 11.5 Å². The number of carbonyl (C=O) groups excluding carboxylic acids is 2. The molecule has 27 heavy (non-hydrogen) atoms. The van der Waals surface area contributed by atoms with Gasteiger partial charge in [0.2, 0.25) is 16.9 Å². The summed E-state index contributed by atoms with van der Waals surface area (Å²) in [5.41, 5.74) is 6.42. The van der Waals surface area contributed by atoms with Crippen LogP contribution in [-0.2, 0) is 21.7 Å². The maximum Gasteiger partial charge on any atom is 0.250 e. The average Bonchev–Trinajstić information content (AvgIpc) is 3.39. The third-order valence-corrected chi connectivity index (χ3v) is 6.74. The average molecular weight is 384 g/mol. The maximum atomic E-state index is 13.2. The van der Waals surface area contributed by atoms with Gasteiger partial charge >= 0.3 is 0 Å². The highest BCUT2D eigenvalue weighted by Gasteiger charge is 2.65. The number of nitrogen functional groups attached to an aromatic ring is 1. The second-order valence-corrected chi connectivity index (χ2v) is 8.39. The number of amides is 2. The molecular formula is C18H20N6O2S. The number of carbonyl (C=O) groups is 2. The first-order chi connectivity index (χ1) is 13.1. The molecule has 1 spiro atoms. The van der Waals surface area contributed by atoms with E-state index in [-0.39, 0.29) is 24.4 Å². The van der Waals surface area contributed by atoms with Gasteiger partial charge in [-0.05, 0) is 31.9 Å². The second kappa shape index (κ2) is 6.00. The highest BCUT2D eigenvalue weighted by atomic mass is 32.1. The normalized spacial score (nSPS) is 29.0. The molecule has 0 unspecified atom stereocenters. The van der Waals surface area contributed by atoms with Crippen molar-refractivity contribution in [3.8, 4) is 0 Å². The van der Waals surface area contributed by atoms with Gasteiger partial charge in [0, 0.05) is 17.3 Å². The van der Waals surface area contributed by atoms with Crippen LogP contribution < -0.4 is 16.4 Å². The van der Waals surface area contributed by atoms with E-state index in [0.29, 0.717) is 16.6 Å². The van der Waals surface area contributed by atoms with E-state index in [1.807, 2.05) is 24.3 Å². The maximum absolute atomic E-state index is 13.2. The molecule has 0 bridgehead atoms. The molecule has 2 fully saturated rings. The summed E-state index contributed by atoms with van der Waals surface area (Å²) in [6.07, 6.45) is 2.76. The number of aromatic nitrogens is 2. The van der Waals surface area contributed by atoms with Gasteiger partial charge in [0.05, 0.1) is 12.5 Å². The number of benzene rings is 1. The molecule has 3 aliphatic heterocycles. The fraction of sp³-hybridized carbons (Fsp3) is 0.444. The number of nitrogens with one attached hydrogen (secondary N) is 2. The largest absolute Gasteiger partial charge is 0.374 e. The summed E-state index contributed by atoms with van der Waals surface area (Å²) < 4.78 is 0. The molecule has 0 radical (unpaired) electrons. The van der Waals surface area contributed by atoms with E-state index in [2.05, 4.69) is 25.7 Å². The van der Waals surface area contributed by atoms with E-state index in [1.54, 1.807) is 0 Å². The van der Waals surface area contributed by atoms with E-state index in [1.165, 1.54) is 11.3 Å². The number of hydrogen-bond acceptors (Lipinski definition) is 7. The van der Waals surface area contributed by atoms with Crippen LogP contribution in [0.4, 0.5) is 10.8 Å². The zero-order valence-corrected chi connectivity index (χ0v) is 15.5. The molecule has 1 aromatic heterocycles. The third-order valence-electron chi connectivity index (χ3n) is 5.99. The Kier molecular flexibility index (Phi) is 3.70. The molecule has 2 saturated heterocycles. The molecule has 2 aromatic rings. The SMILES string of the molecule is Nc1nnc(CNC(=O)[C@H]2C[C@H]3CCCN3[C@]23C(=O)Nc2ccccc23)s1. The Hall–Kier alpha value is -2.52. The predicted octanol–water partition coefficient (Wildman–Crippen LogP) is 1.07. The van der Waals surface area contributed by atoms with Gasteiger partial charge in [-0.15, -0.1) is 10.2 Å². The van der Waals surface area contributed by atoms with Crippen LogP contribution in [0, 0.1) is 5.92 Å². The highest BCUT2D eigenvalue weighted by Crippen LogP contribution is 2.55. The summed E-state index contributed by atoms with van der Waals surface area (Å²) >= 11 is 1.25. The van der Waals surface area contributed by atoms with E-state index >= 15 is 0 Å². The van der Waals surface area contributed by atoms with Crippen LogP contribution in [0.1, 0.15) is 29.8 Å². The molecule has 140 valence electrons. The quantitative estimate of drug-likeness (QED) is 0.730. The summed E-state index contributed by atoms with van der Waals surface area (Å²) in [5, 5.41) is 14.7. The molecule has 2 amide bonds. The highest BCUT2D eigenvalue weighted by molar-refractivity contribution is 7.15. The van der Waals surface area contributed by atoms with Crippen molar-refractivity contribution in [2.45, 2.75) is 37.4 Å². The molecule has 0 aliphatic carbocycles. The fourth-order valence-electron chi connectivity index (χ4n) is 5.00. The van der Waals surface area contributed by atoms with Crippen LogP contribution in [0.5, 0.6) is 0 Å². The number of nitrogens with two attached hydrogens (primary N) is 1. The second-order valence-electron chi connectivity index (χ2n) is 7.30. The molecule has 5 rings (SSSR count). The molecule has 3 aliphatic rings. The van der Waals surface area contributed by atoms with E-state index in [0.717, 1.165) is 30.6 Å². The lowest BCUT2D eigenvalue weighted by Gasteiger charge is -2.36. The zero-order valence-electron chi connectivity index (χ0n) is 14.6. The first-order valence-electron chi connectivity index (χ1n) is 9.14. The van der Waals surface area contributed by atoms with Gasteiger partial charge in [-0.1, -0.05) is 29.5 Å². The first kappa shape index (κ1) is 16.6. The van der Waals surface area contributed by atoms with Crippen molar-refractivity contribution < 1.29 is 9.59 Å². The Morgan fingerprint density at radius 1 is 1.41 bits per heavy atom. The Bertz CT molecular complexity index is 930. The summed E-state index contributed by atoms with van der Waals surface area (Å²) in [6.45, 7) is 1.11. The molecular weight excluding hydrogens is 364 g/mol. The molecule has 0 saturated carbocycles. The van der Waals surface area contributed by atoms with Gasteiger partial charge < -0.3 is 16.4 Å². The van der Waals surface area contributed by atoms with Gasteiger partial charge in [-0.3, -0.25) is 14.5 Å². The summed E-state index contributed by atoms with van der Waals surface area (Å²) in [7, 11) is 0. The lowest BCUT2D eigenvalue weighted by Crippen LogP contribution is -2.54. The van der Waals surface area contributed by atoms with Gasteiger partial charge in [0.15, 0.2) is 0 Å². The van der Waals surface area contributed by atoms with Crippen molar-refractivity contribution in [3.63, 3.8) is 0 Å². The third kappa shape index (κ3) is 2.31. The van der Waals surface area contributed by atoms with Crippen LogP contribution >= 0.6 is 11.3 Å². The Balaban J connectivity index is 1.50. The molecule has 3 atom stereocenters. The lowest BCUT2D eigenvalue weighted by molar-refractivity contribution is -0.137. The van der Waals surface area contributed by atoms with E-state index in [4.69, 9.17) is 5.73 Å². The zero-order chi connectivity index (χ0) is 18.6. The van der Waals surface area contributed by atoms with Crippen molar-refractivity contribution in [3.05, 3.63) is 34.8 Å². The van der Waals surface area contributed by atoms with Gasteiger partial charge in [0.1, 0.15) is 10.5 Å². The van der Waals surface area contributed by atoms with Crippen LogP contribution in [-0.4, -0.2) is 39.5 Å². The van der Waals surface area contributed by atoms with Crippen molar-refractivity contribution in [2.75, 3.05) is 17.6 Å². The summed E-state index contributed by atoms with van der Waals surface area (Å²) in [4.78, 5) is 28.7. The van der Waals surface area contributed by atoms with Crippen molar-refractivity contribution >= 4 is 34.0 Å². The van der Waals surface area contributed by atoms with Gasteiger partial charge in [-0.2, -0.15) is 0 Å². The van der Waals surface area contributed by atoms with Crippen LogP contribution in [0.3, 0.4) is 0 Å². The van der Waals surface area contributed by atoms with Crippen molar-refractivity contribution in [2.24, 2.45) is 5.92 Å². The number of para-hydroxylation sites is 1. The topological polar surface area (TPSA) is 113 Å². The van der Waals surface area contributed by atoms with Crippen molar-refractivity contribution in [1.29, 1.82) is 0 Å². The van der Waals surface area contributed by atoms with Crippen LogP contribution in [0.25, 0.3) is 0 Å². The lowest BCUT2D eigenvalue weighted by atomic mass is 9.78. The summed E-state index contributed by atoms with van der Waals surface area (Å²) in [5.74, 6) is -0.643. The minimum absolute atomic E-state index is 0.0894. The van der Waals surface area contributed by atoms with Gasteiger partial charge in [-0.25, -0.2) is 0 Å². The fourth-order valence-corrected chi connectivity index (χ4v) is 5.55. The number of rotatable bonds is 3. The predicted molar refractivity (Wildman–Crippen MR) is 101 cm³/mol. The van der Waals surface area contributed by atoms with E-state index in [9.17, 15) is 9.59 Å². The Morgan fingerprint density at radius 3 is 3.07 bits per heavy atom. The standard InChI is InChI=1S/C18H20N6O2S/c19-17-23-22-14(27-17)9-20-15(25)12-8-10-4-3-7-24(10)18(12)11-5-1-2-6-13(11)21-16(18)26/h1-2,5-6,10,12H,3-4,7-9H2,(H2,19,23)(H,20,25)(H,21,26)/t10-,12-,18+/m1/s1. The number of fused-ring (bicyclic) bond motifs is 4.